The van der Waals surface area contributed by atoms with Gasteiger partial charge in [0.2, 0.25) is 0 Å². The summed E-state index contributed by atoms with van der Waals surface area (Å²) >= 11 is 5.65. The van der Waals surface area contributed by atoms with Crippen LogP contribution in [0, 0.1) is 17.5 Å². The summed E-state index contributed by atoms with van der Waals surface area (Å²) in [6.07, 6.45) is 1.53. The van der Waals surface area contributed by atoms with Crippen LogP contribution in [0.5, 0.6) is 11.6 Å². The minimum atomic E-state index is -1.32. The molecule has 0 atom stereocenters. The molecule has 0 spiro atoms. The standard InChI is InChI=1S/C20H16ClF3N4O2/c1-20(2,30-16-14(23)5-10(21)6-15(16)24)19-27-26-17(28(19)3)12-4-9-8-25-18(29)11(9)7-13(12)22/h4-8,25,29H,1-3H3. The summed E-state index contributed by atoms with van der Waals surface area (Å²) in [6.45, 7) is 3.11. The average molecular weight is 437 g/mol. The molecule has 2 N–H and O–H groups in total. The Bertz CT molecular complexity index is 1260. The number of fused-ring (bicyclic) bond motifs is 1. The van der Waals surface area contributed by atoms with Crippen molar-refractivity contribution in [3.8, 4) is 23.0 Å². The van der Waals surface area contributed by atoms with Crippen molar-refractivity contribution in [1.29, 1.82) is 0 Å². The zero-order valence-corrected chi connectivity index (χ0v) is 16.9. The molecule has 0 fully saturated rings. The summed E-state index contributed by atoms with van der Waals surface area (Å²) < 4.78 is 50.1. The highest BCUT2D eigenvalue weighted by molar-refractivity contribution is 6.30. The number of hydrogen-bond donors (Lipinski definition) is 2. The molecule has 156 valence electrons. The molecule has 0 unspecified atom stereocenters. The van der Waals surface area contributed by atoms with E-state index >= 15 is 0 Å². The lowest BCUT2D eigenvalue weighted by Gasteiger charge is -2.26. The lowest BCUT2D eigenvalue weighted by Crippen LogP contribution is -2.30. The molecule has 0 aliphatic heterocycles. The van der Waals surface area contributed by atoms with E-state index in [9.17, 15) is 18.3 Å². The number of benzene rings is 2. The number of rotatable bonds is 4. The van der Waals surface area contributed by atoms with Crippen LogP contribution in [0.15, 0.2) is 30.5 Å². The van der Waals surface area contributed by atoms with Crippen LogP contribution >= 0.6 is 11.6 Å². The molecule has 6 nitrogen and oxygen atoms in total. The molecule has 0 aliphatic carbocycles. The molecule has 2 heterocycles. The number of aromatic hydroxyl groups is 1. The third kappa shape index (κ3) is 3.24. The Hall–Kier alpha value is -3.20. The maximum Gasteiger partial charge on any atom is 0.196 e. The zero-order chi connectivity index (χ0) is 21.8. The molecule has 4 aromatic rings. The van der Waals surface area contributed by atoms with Gasteiger partial charge in [0.15, 0.2) is 40.5 Å². The maximum atomic E-state index is 14.7. The van der Waals surface area contributed by atoms with Crippen molar-refractivity contribution in [1.82, 2.24) is 19.7 Å². The highest BCUT2D eigenvalue weighted by atomic mass is 35.5. The van der Waals surface area contributed by atoms with Crippen molar-refractivity contribution in [2.75, 3.05) is 0 Å². The predicted octanol–water partition coefficient (Wildman–Crippen LogP) is 5.05. The number of nitrogens with zero attached hydrogens (tertiary/aromatic N) is 3. The SMILES string of the molecule is Cn1c(-c2cc3c[nH]c(O)c3cc2F)nnc1C(C)(C)Oc1c(F)cc(Cl)cc1F. The van der Waals surface area contributed by atoms with E-state index in [0.29, 0.717) is 10.8 Å². The maximum absolute atomic E-state index is 14.7. The van der Waals surface area contributed by atoms with E-state index in [1.165, 1.54) is 22.9 Å². The third-order valence-corrected chi connectivity index (χ3v) is 4.95. The Labute approximate surface area is 173 Å². The van der Waals surface area contributed by atoms with Gasteiger partial charge in [0, 0.05) is 29.0 Å². The van der Waals surface area contributed by atoms with Crippen molar-refractivity contribution in [2.24, 2.45) is 7.05 Å². The average Bonchev–Trinajstić information content (AvgIpc) is 3.21. The second-order valence-electron chi connectivity index (χ2n) is 7.27. The number of aromatic nitrogens is 4. The van der Waals surface area contributed by atoms with Crippen LogP contribution in [-0.4, -0.2) is 24.9 Å². The molecule has 0 radical (unpaired) electrons. The number of hydrogen-bond acceptors (Lipinski definition) is 4. The summed E-state index contributed by atoms with van der Waals surface area (Å²) in [5.41, 5.74) is -1.18. The first kappa shape index (κ1) is 20.1. The number of aromatic amines is 1. The van der Waals surface area contributed by atoms with Crippen molar-refractivity contribution < 1.29 is 23.0 Å². The second kappa shape index (κ2) is 6.94. The summed E-state index contributed by atoms with van der Waals surface area (Å²) in [6, 6.07) is 4.58. The predicted molar refractivity (Wildman–Crippen MR) is 105 cm³/mol. The number of halogens is 4. The van der Waals surface area contributed by atoms with Gasteiger partial charge in [0.25, 0.3) is 0 Å². The number of ether oxygens (including phenoxy) is 1. The lowest BCUT2D eigenvalue weighted by molar-refractivity contribution is 0.0836. The molecule has 4 rings (SSSR count). The molecule has 2 aromatic heterocycles. The minimum Gasteiger partial charge on any atom is -0.494 e. The van der Waals surface area contributed by atoms with E-state index in [1.807, 2.05) is 0 Å². The van der Waals surface area contributed by atoms with Crippen LogP contribution in [0.3, 0.4) is 0 Å². The summed E-state index contributed by atoms with van der Waals surface area (Å²) in [5.74, 6) is -2.90. The van der Waals surface area contributed by atoms with Gasteiger partial charge in [-0.1, -0.05) is 11.6 Å². The van der Waals surface area contributed by atoms with Crippen LogP contribution < -0.4 is 4.74 Å². The Morgan fingerprint density at radius 2 is 1.73 bits per heavy atom. The Balaban J connectivity index is 1.75. The van der Waals surface area contributed by atoms with Gasteiger partial charge in [-0.3, -0.25) is 0 Å². The second-order valence-corrected chi connectivity index (χ2v) is 7.71. The van der Waals surface area contributed by atoms with Gasteiger partial charge >= 0.3 is 0 Å². The fourth-order valence-electron chi connectivity index (χ4n) is 3.33. The fourth-order valence-corrected chi connectivity index (χ4v) is 3.52. The highest BCUT2D eigenvalue weighted by Crippen LogP contribution is 2.35. The highest BCUT2D eigenvalue weighted by Gasteiger charge is 2.32. The Kier molecular flexibility index (Phi) is 4.65. The summed E-state index contributed by atoms with van der Waals surface area (Å²) in [5, 5.41) is 18.6. The van der Waals surface area contributed by atoms with E-state index in [4.69, 9.17) is 16.3 Å². The molecule has 0 saturated carbocycles. The Morgan fingerprint density at radius 1 is 1.07 bits per heavy atom. The molecule has 0 saturated heterocycles. The molecule has 0 amide bonds. The van der Waals surface area contributed by atoms with Gasteiger partial charge in [-0.05, 0) is 38.1 Å². The van der Waals surface area contributed by atoms with Crippen molar-refractivity contribution in [2.45, 2.75) is 19.4 Å². The quantitative estimate of drug-likeness (QED) is 0.469. The zero-order valence-electron chi connectivity index (χ0n) is 16.1. The third-order valence-electron chi connectivity index (χ3n) is 4.73. The number of H-pyrrole nitrogens is 1. The van der Waals surface area contributed by atoms with Gasteiger partial charge in [-0.15, -0.1) is 10.2 Å². The van der Waals surface area contributed by atoms with Gasteiger partial charge in [0.1, 0.15) is 5.82 Å². The van der Waals surface area contributed by atoms with E-state index < -0.39 is 28.8 Å². The van der Waals surface area contributed by atoms with Crippen LogP contribution in [0.2, 0.25) is 5.02 Å². The van der Waals surface area contributed by atoms with Crippen molar-refractivity contribution >= 4 is 22.4 Å². The van der Waals surface area contributed by atoms with Crippen LogP contribution in [0.4, 0.5) is 13.2 Å². The Morgan fingerprint density at radius 3 is 2.40 bits per heavy atom. The van der Waals surface area contributed by atoms with Gasteiger partial charge in [-0.25, -0.2) is 13.2 Å². The van der Waals surface area contributed by atoms with Crippen LogP contribution in [-0.2, 0) is 12.6 Å². The summed E-state index contributed by atoms with van der Waals surface area (Å²) in [7, 11) is 1.59. The van der Waals surface area contributed by atoms with E-state index in [2.05, 4.69) is 15.2 Å². The van der Waals surface area contributed by atoms with Gasteiger partial charge in [-0.2, -0.15) is 0 Å². The van der Waals surface area contributed by atoms with Crippen molar-refractivity contribution in [3.05, 3.63) is 58.8 Å². The van der Waals surface area contributed by atoms with Gasteiger partial charge in [0.05, 0.1) is 5.56 Å². The largest absolute Gasteiger partial charge is 0.494 e. The molecule has 0 bridgehead atoms. The number of nitrogens with one attached hydrogen (secondary N) is 1. The molecule has 10 heteroatoms. The van der Waals surface area contributed by atoms with Gasteiger partial charge < -0.3 is 19.4 Å². The lowest BCUT2D eigenvalue weighted by atomic mass is 10.1. The molecule has 0 aliphatic rings. The topological polar surface area (TPSA) is 76.0 Å². The first-order chi connectivity index (χ1) is 14.1. The first-order valence-corrected chi connectivity index (χ1v) is 9.19. The van der Waals surface area contributed by atoms with E-state index in [1.54, 1.807) is 20.9 Å². The molecular formula is C20H16ClF3N4O2. The smallest absolute Gasteiger partial charge is 0.196 e. The molecule has 2 aromatic carbocycles. The fraction of sp³-hybridized carbons (Fsp3) is 0.200. The molecular weight excluding hydrogens is 421 g/mol. The normalized spacial score (nSPS) is 12.0. The molecule has 30 heavy (non-hydrogen) atoms. The van der Waals surface area contributed by atoms with E-state index in [0.717, 1.165) is 12.1 Å². The first-order valence-electron chi connectivity index (χ1n) is 8.82. The summed E-state index contributed by atoms with van der Waals surface area (Å²) in [4.78, 5) is 2.61. The minimum absolute atomic E-state index is 0.0993. The van der Waals surface area contributed by atoms with E-state index in [-0.39, 0.29) is 28.1 Å². The van der Waals surface area contributed by atoms with Crippen molar-refractivity contribution in [3.63, 3.8) is 0 Å². The monoisotopic (exact) mass is 436 g/mol. The van der Waals surface area contributed by atoms with Crippen LogP contribution in [0.25, 0.3) is 22.2 Å². The van der Waals surface area contributed by atoms with Crippen LogP contribution in [0.1, 0.15) is 19.7 Å².